The van der Waals surface area contributed by atoms with Gasteiger partial charge in [-0.3, -0.25) is 5.84 Å². The Morgan fingerprint density at radius 3 is 2.30 bits per heavy atom. The molecule has 0 atom stereocenters. The fourth-order valence-electron chi connectivity index (χ4n) is 0.384. The summed E-state index contributed by atoms with van der Waals surface area (Å²) in [4.78, 5) is 3.99. The van der Waals surface area contributed by atoms with Crippen LogP contribution in [0.1, 0.15) is 20.8 Å². The Kier molecular flexibility index (Phi) is 3.10. The van der Waals surface area contributed by atoms with E-state index in [4.69, 9.17) is 5.84 Å². The van der Waals surface area contributed by atoms with Gasteiger partial charge in [-0.05, 0) is 4.99 Å². The Morgan fingerprint density at radius 1 is 1.50 bits per heavy atom. The summed E-state index contributed by atoms with van der Waals surface area (Å²) in [5.41, 5.74) is 0.225. The summed E-state index contributed by atoms with van der Waals surface area (Å²) in [5.74, 6) is 5.25. The lowest BCUT2D eigenvalue weighted by atomic mass is 9.98. The van der Waals surface area contributed by atoms with Crippen molar-refractivity contribution in [2.24, 2.45) is 16.3 Å². The van der Waals surface area contributed by atoms with Crippen LogP contribution in [0.25, 0.3) is 0 Å². The summed E-state index contributed by atoms with van der Waals surface area (Å²) in [6.07, 6.45) is 0. The molecule has 0 saturated heterocycles. The second-order valence-electron chi connectivity index (χ2n) is 3.59. The fraction of sp³-hybridized carbons (Fsp3) is 0.857. The van der Waals surface area contributed by atoms with Gasteiger partial charge in [-0.2, -0.15) is 0 Å². The third-order valence-corrected chi connectivity index (χ3v) is 0.782. The van der Waals surface area contributed by atoms with Crippen molar-refractivity contribution in [1.29, 1.82) is 0 Å². The third-order valence-electron chi connectivity index (χ3n) is 0.782. The second-order valence-corrected chi connectivity index (χ2v) is 3.59. The van der Waals surface area contributed by atoms with Crippen molar-refractivity contribution in [3.05, 3.63) is 0 Å². The third kappa shape index (κ3) is 7.18. The molecule has 0 saturated carbocycles. The summed E-state index contributed by atoms with van der Waals surface area (Å²) in [6.45, 7) is 7.12. The van der Waals surface area contributed by atoms with Gasteiger partial charge in [0.05, 0.1) is 0 Å². The van der Waals surface area contributed by atoms with Gasteiger partial charge >= 0.3 is 6.01 Å². The van der Waals surface area contributed by atoms with Crippen molar-refractivity contribution in [3.8, 4) is 0 Å². The second kappa shape index (κ2) is 3.37. The monoisotopic (exact) mass is 142 g/mol. The van der Waals surface area contributed by atoms with Gasteiger partial charge in [-0.1, -0.05) is 20.8 Å². The number of hydrogen-bond donors (Lipinski definition) is 1. The van der Waals surface area contributed by atoms with Crippen molar-refractivity contribution < 1.29 is 4.68 Å². The number of rotatable bonds is 1. The maximum atomic E-state index is 5.25. The van der Waals surface area contributed by atoms with Gasteiger partial charge in [-0.25, -0.2) is 0 Å². The molecule has 0 spiro atoms. The fourth-order valence-corrected chi connectivity index (χ4v) is 0.384. The van der Waals surface area contributed by atoms with Crippen molar-refractivity contribution in [3.63, 3.8) is 0 Å². The van der Waals surface area contributed by atoms with Crippen LogP contribution in [0, 0.1) is 5.41 Å². The van der Waals surface area contributed by atoms with Crippen LogP contribution in [0.3, 0.4) is 0 Å². The van der Waals surface area contributed by atoms with Crippen LogP contribution < -0.4 is 5.84 Å². The number of hydrazine groups is 1. The Morgan fingerprint density at radius 2 is 2.00 bits per heavy atom. The van der Waals surface area contributed by atoms with E-state index in [1.807, 2.05) is 0 Å². The predicted octanol–water partition coefficient (Wildman–Crippen LogP) is 0.722. The highest BCUT2D eigenvalue weighted by molar-refractivity contribution is 5.33. The molecule has 0 bridgehead atoms. The minimum atomic E-state index is 0.225. The summed E-state index contributed by atoms with van der Waals surface area (Å²) < 4.78 is 1.33. The van der Waals surface area contributed by atoms with Gasteiger partial charge in [0.1, 0.15) is 13.6 Å². The summed E-state index contributed by atoms with van der Waals surface area (Å²) in [6, 6.07) is 2.64. The molecule has 3 nitrogen and oxygen atoms in total. The highest BCUT2D eigenvalue weighted by Gasteiger charge is 2.11. The van der Waals surface area contributed by atoms with E-state index >= 15 is 0 Å². The highest BCUT2D eigenvalue weighted by Crippen LogP contribution is 2.11. The lowest BCUT2D eigenvalue weighted by Gasteiger charge is -2.08. The quantitative estimate of drug-likeness (QED) is 0.249. The Balaban J connectivity index is 3.87. The molecule has 0 aromatic carbocycles. The van der Waals surface area contributed by atoms with Crippen molar-refractivity contribution in [2.45, 2.75) is 20.8 Å². The molecule has 10 heavy (non-hydrogen) atoms. The molecule has 0 aliphatic heterocycles. The van der Waals surface area contributed by atoms with Crippen LogP contribution in [0.15, 0.2) is 4.99 Å². The molecule has 58 valence electrons. The van der Waals surface area contributed by atoms with Crippen LogP contribution >= 0.6 is 0 Å². The average Bonchev–Trinajstić information content (AvgIpc) is 1.59. The summed E-state index contributed by atoms with van der Waals surface area (Å²) >= 11 is 0. The zero-order valence-corrected chi connectivity index (χ0v) is 7.18. The molecule has 0 amide bonds. The topological polar surface area (TPSA) is 41.4 Å². The number of hydrazone groups is 1. The molecule has 0 fully saturated rings. The van der Waals surface area contributed by atoms with Crippen LogP contribution in [0.4, 0.5) is 0 Å². The van der Waals surface area contributed by atoms with E-state index in [-0.39, 0.29) is 5.41 Å². The molecular weight excluding hydrogens is 126 g/mol. The summed E-state index contributed by atoms with van der Waals surface area (Å²) in [5, 5.41) is 0. The molecular formula is C7H16N3+. The lowest BCUT2D eigenvalue weighted by Crippen LogP contribution is -2.13. The minimum Gasteiger partial charge on any atom is -0.266 e. The molecule has 0 heterocycles. The number of hydrogen-bond acceptors (Lipinski definition) is 2. The standard InChI is InChI=1S/C7H16N3/c1-7(2,3)5-9-6-10(4)8/h5,8H2,1-4H3/q+1. The van der Waals surface area contributed by atoms with Crippen LogP contribution in [0.2, 0.25) is 0 Å². The smallest absolute Gasteiger partial charge is 0.266 e. The first-order valence-electron chi connectivity index (χ1n) is 3.32. The van der Waals surface area contributed by atoms with Crippen molar-refractivity contribution in [1.82, 2.24) is 0 Å². The molecule has 0 aliphatic carbocycles. The molecule has 3 heteroatoms. The first kappa shape index (κ1) is 9.18. The van der Waals surface area contributed by atoms with Crippen LogP contribution in [0.5, 0.6) is 0 Å². The maximum absolute atomic E-state index is 5.25. The zero-order valence-electron chi connectivity index (χ0n) is 7.18. The van der Waals surface area contributed by atoms with Gasteiger partial charge < -0.3 is 0 Å². The average molecular weight is 142 g/mol. The Labute approximate surface area is 62.2 Å². The number of aliphatic imine (C=N–C) groups is 1. The van der Waals surface area contributed by atoms with Crippen molar-refractivity contribution in [2.75, 3.05) is 13.6 Å². The zero-order chi connectivity index (χ0) is 8.20. The van der Waals surface area contributed by atoms with E-state index in [2.05, 4.69) is 31.8 Å². The van der Waals surface area contributed by atoms with Gasteiger partial charge in [0, 0.05) is 5.41 Å². The lowest BCUT2D eigenvalue weighted by molar-refractivity contribution is -0.502. The molecule has 0 aliphatic rings. The minimum absolute atomic E-state index is 0.225. The molecule has 0 radical (unpaired) electrons. The number of nitrogens with two attached hydrogens (primary N) is 1. The molecule has 0 aromatic rings. The summed E-state index contributed by atoms with van der Waals surface area (Å²) in [7, 11) is 1.70. The van der Waals surface area contributed by atoms with E-state index in [1.54, 1.807) is 7.05 Å². The Hall–Kier alpha value is -0.820. The predicted molar refractivity (Wildman–Crippen MR) is 42.1 cm³/mol. The van der Waals surface area contributed by atoms with E-state index in [0.717, 1.165) is 6.54 Å². The van der Waals surface area contributed by atoms with Crippen LogP contribution in [-0.4, -0.2) is 24.3 Å². The normalized spacial score (nSPS) is 10.4. The van der Waals surface area contributed by atoms with E-state index < -0.39 is 0 Å². The van der Waals surface area contributed by atoms with E-state index in [1.165, 1.54) is 4.68 Å². The van der Waals surface area contributed by atoms with E-state index in [9.17, 15) is 0 Å². The van der Waals surface area contributed by atoms with Gasteiger partial charge in [0.25, 0.3) is 0 Å². The molecule has 0 unspecified atom stereocenters. The van der Waals surface area contributed by atoms with Crippen LogP contribution in [-0.2, 0) is 0 Å². The highest BCUT2D eigenvalue weighted by atomic mass is 15.3. The van der Waals surface area contributed by atoms with Gasteiger partial charge in [0.15, 0.2) is 0 Å². The first-order chi connectivity index (χ1) is 4.42. The maximum Gasteiger partial charge on any atom is 0.331 e. The molecule has 0 rings (SSSR count). The molecule has 0 aromatic heterocycles. The first-order valence-corrected chi connectivity index (χ1v) is 3.32. The van der Waals surface area contributed by atoms with Crippen molar-refractivity contribution >= 4 is 6.01 Å². The number of nitrogens with zero attached hydrogens (tertiary/aromatic N) is 2. The molecule has 2 N–H and O–H groups in total. The largest absolute Gasteiger partial charge is 0.331 e. The SMILES string of the molecule is C[N+](N)=C=NCC(C)(C)C. The van der Waals surface area contributed by atoms with Gasteiger partial charge in [-0.15, -0.1) is 4.68 Å². The van der Waals surface area contributed by atoms with Gasteiger partial charge in [0.2, 0.25) is 0 Å². The van der Waals surface area contributed by atoms with E-state index in [0.29, 0.717) is 0 Å². The Bertz CT molecular complexity index is 154.